The van der Waals surface area contributed by atoms with Gasteiger partial charge in [-0.2, -0.15) is 0 Å². The number of ketones is 1. The van der Waals surface area contributed by atoms with Crippen molar-refractivity contribution >= 4 is 28.9 Å². The Hall–Kier alpha value is -4.16. The van der Waals surface area contributed by atoms with Gasteiger partial charge in [0.2, 0.25) is 0 Å². The number of aromatic nitrogens is 2. The van der Waals surface area contributed by atoms with E-state index in [4.69, 9.17) is 11.6 Å². The predicted molar refractivity (Wildman–Crippen MR) is 131 cm³/mol. The number of aromatic amines is 1. The second-order valence-electron chi connectivity index (χ2n) is 8.34. The SMILES string of the molecule is O=C1C2=C(Nc3c(c(=O)[nH]c(=O)n3Cc3ccccc3)[C@H]2c2ccccc2Cl)c2ccccc21. The molecule has 0 spiro atoms. The maximum absolute atomic E-state index is 13.6. The number of nitrogens with zero attached hydrogens (tertiary/aromatic N) is 1. The number of hydrogen-bond acceptors (Lipinski definition) is 4. The van der Waals surface area contributed by atoms with Crippen LogP contribution < -0.4 is 16.6 Å². The van der Waals surface area contributed by atoms with Gasteiger partial charge in [-0.25, -0.2) is 4.79 Å². The zero-order valence-corrected chi connectivity index (χ0v) is 18.6. The van der Waals surface area contributed by atoms with Gasteiger partial charge in [-0.1, -0.05) is 84.4 Å². The lowest BCUT2D eigenvalue weighted by Gasteiger charge is -2.30. The summed E-state index contributed by atoms with van der Waals surface area (Å²) in [7, 11) is 0. The van der Waals surface area contributed by atoms with Crippen LogP contribution in [0.15, 0.2) is 94.0 Å². The molecule has 166 valence electrons. The molecule has 0 fully saturated rings. The van der Waals surface area contributed by atoms with E-state index >= 15 is 0 Å². The van der Waals surface area contributed by atoms with Crippen molar-refractivity contribution in [2.45, 2.75) is 12.5 Å². The van der Waals surface area contributed by atoms with Crippen LogP contribution in [0.3, 0.4) is 0 Å². The highest BCUT2D eigenvalue weighted by molar-refractivity contribution is 6.32. The summed E-state index contributed by atoms with van der Waals surface area (Å²) in [6, 6.07) is 24.0. The third-order valence-electron chi connectivity index (χ3n) is 6.41. The maximum atomic E-state index is 13.6. The fourth-order valence-electron chi connectivity index (χ4n) is 4.90. The molecular formula is C27H18ClN3O3. The number of rotatable bonds is 3. The number of halogens is 1. The molecule has 0 amide bonds. The summed E-state index contributed by atoms with van der Waals surface area (Å²) in [6.45, 7) is 0.249. The fourth-order valence-corrected chi connectivity index (χ4v) is 5.15. The highest BCUT2D eigenvalue weighted by Gasteiger charge is 2.43. The summed E-state index contributed by atoms with van der Waals surface area (Å²) in [6.07, 6.45) is 0. The number of carbonyl (C=O) groups excluding carboxylic acids is 1. The molecule has 6 rings (SSSR count). The van der Waals surface area contributed by atoms with Crippen LogP contribution in [0.2, 0.25) is 5.02 Å². The molecule has 2 N–H and O–H groups in total. The first-order valence-corrected chi connectivity index (χ1v) is 11.2. The van der Waals surface area contributed by atoms with Gasteiger partial charge in [0.05, 0.1) is 23.7 Å². The number of carbonyl (C=O) groups is 1. The van der Waals surface area contributed by atoms with Crippen molar-refractivity contribution in [1.29, 1.82) is 0 Å². The van der Waals surface area contributed by atoms with Gasteiger partial charge >= 0.3 is 5.69 Å². The first-order chi connectivity index (χ1) is 16.5. The molecule has 34 heavy (non-hydrogen) atoms. The largest absolute Gasteiger partial charge is 0.340 e. The lowest BCUT2D eigenvalue weighted by atomic mass is 9.81. The summed E-state index contributed by atoms with van der Waals surface area (Å²) in [4.78, 5) is 42.3. The van der Waals surface area contributed by atoms with Crippen molar-refractivity contribution in [1.82, 2.24) is 9.55 Å². The van der Waals surface area contributed by atoms with Crippen LogP contribution in [0.4, 0.5) is 5.82 Å². The van der Waals surface area contributed by atoms with Crippen LogP contribution >= 0.6 is 11.6 Å². The molecule has 0 radical (unpaired) electrons. The summed E-state index contributed by atoms with van der Waals surface area (Å²) < 4.78 is 1.51. The Morgan fingerprint density at radius 3 is 2.26 bits per heavy atom. The molecule has 1 aromatic heterocycles. The van der Waals surface area contributed by atoms with Gasteiger partial charge < -0.3 is 5.32 Å². The molecule has 1 aliphatic heterocycles. The summed E-state index contributed by atoms with van der Waals surface area (Å²) in [5.74, 6) is -0.522. The van der Waals surface area contributed by atoms with Crippen molar-refractivity contribution < 1.29 is 4.79 Å². The number of anilines is 1. The molecule has 1 aliphatic carbocycles. The lowest BCUT2D eigenvalue weighted by Crippen LogP contribution is -2.38. The third-order valence-corrected chi connectivity index (χ3v) is 6.75. The Bertz CT molecular complexity index is 1630. The Balaban J connectivity index is 1.66. The van der Waals surface area contributed by atoms with Gasteiger partial charge in [0.1, 0.15) is 5.82 Å². The lowest BCUT2D eigenvalue weighted by molar-refractivity contribution is 0.103. The molecule has 0 saturated carbocycles. The van der Waals surface area contributed by atoms with Crippen molar-refractivity contribution in [3.63, 3.8) is 0 Å². The Morgan fingerprint density at radius 2 is 1.50 bits per heavy atom. The quantitative estimate of drug-likeness (QED) is 0.467. The molecule has 0 unspecified atom stereocenters. The third kappa shape index (κ3) is 2.99. The molecule has 2 aliphatic rings. The highest BCUT2D eigenvalue weighted by Crippen LogP contribution is 2.49. The van der Waals surface area contributed by atoms with Gasteiger partial charge in [-0.05, 0) is 17.2 Å². The van der Waals surface area contributed by atoms with Crippen LogP contribution in [0.1, 0.15) is 38.5 Å². The molecule has 7 heteroatoms. The average Bonchev–Trinajstić information content (AvgIpc) is 3.13. The minimum absolute atomic E-state index is 0.158. The standard InChI is InChI=1S/C27H18ClN3O3/c28-19-13-7-6-12-18(19)20-21-23(16-10-4-5-11-17(16)24(21)32)29-25-22(20)26(33)30-27(34)31(25)14-15-8-2-1-3-9-15/h1-13,20,29H,14H2,(H,30,33,34)/t20-/m0/s1. The molecular weight excluding hydrogens is 450 g/mol. The van der Waals surface area contributed by atoms with E-state index in [1.54, 1.807) is 18.2 Å². The molecule has 1 atom stereocenters. The molecule has 4 aromatic rings. The Labute approximate surface area is 199 Å². The van der Waals surface area contributed by atoms with Crippen molar-refractivity contribution in [3.05, 3.63) is 138 Å². The second-order valence-corrected chi connectivity index (χ2v) is 8.74. The summed E-state index contributed by atoms with van der Waals surface area (Å²) in [5.41, 5.74) is 3.11. The van der Waals surface area contributed by atoms with E-state index in [1.165, 1.54) is 4.57 Å². The van der Waals surface area contributed by atoms with Crippen molar-refractivity contribution in [3.8, 4) is 0 Å². The minimum atomic E-state index is -0.730. The number of benzene rings is 3. The molecule has 0 saturated heterocycles. The number of H-pyrrole nitrogens is 1. The van der Waals surface area contributed by atoms with Gasteiger partial charge in [0.25, 0.3) is 5.56 Å². The van der Waals surface area contributed by atoms with Crippen LogP contribution in [0, 0.1) is 0 Å². The number of nitrogens with one attached hydrogen (secondary N) is 2. The smallest absolute Gasteiger partial charge is 0.330 e. The fraction of sp³-hybridized carbons (Fsp3) is 0.0741. The van der Waals surface area contributed by atoms with Gasteiger partial charge in [0, 0.05) is 21.7 Å². The van der Waals surface area contributed by atoms with E-state index in [-0.39, 0.29) is 12.3 Å². The zero-order chi connectivity index (χ0) is 23.4. The number of fused-ring (bicyclic) bond motifs is 3. The van der Waals surface area contributed by atoms with Crippen LogP contribution in [0.5, 0.6) is 0 Å². The van der Waals surface area contributed by atoms with Crippen LogP contribution in [0.25, 0.3) is 5.70 Å². The van der Waals surface area contributed by atoms with E-state index in [9.17, 15) is 14.4 Å². The Kier molecular flexibility index (Phi) is 4.64. The van der Waals surface area contributed by atoms with Gasteiger partial charge in [0.15, 0.2) is 5.78 Å². The van der Waals surface area contributed by atoms with Gasteiger partial charge in [-0.3, -0.25) is 19.1 Å². The number of hydrogen-bond donors (Lipinski definition) is 2. The van der Waals surface area contributed by atoms with E-state index in [0.29, 0.717) is 38.8 Å². The Morgan fingerprint density at radius 1 is 0.824 bits per heavy atom. The van der Waals surface area contributed by atoms with Crippen LogP contribution in [-0.4, -0.2) is 15.3 Å². The number of Topliss-reactive ketones (excluding diaryl/α,β-unsaturated/α-hetero) is 1. The zero-order valence-electron chi connectivity index (χ0n) is 17.8. The summed E-state index contributed by atoms with van der Waals surface area (Å²) >= 11 is 6.59. The van der Waals surface area contributed by atoms with Crippen molar-refractivity contribution in [2.24, 2.45) is 0 Å². The normalized spacial score (nSPS) is 16.0. The topological polar surface area (TPSA) is 84.0 Å². The first-order valence-electron chi connectivity index (χ1n) is 10.8. The van der Waals surface area contributed by atoms with E-state index in [0.717, 1.165) is 11.1 Å². The highest BCUT2D eigenvalue weighted by atomic mass is 35.5. The van der Waals surface area contributed by atoms with Gasteiger partial charge in [-0.15, -0.1) is 0 Å². The maximum Gasteiger partial charge on any atom is 0.330 e. The predicted octanol–water partition coefficient (Wildman–Crippen LogP) is 4.40. The molecule has 6 nitrogen and oxygen atoms in total. The molecule has 0 bridgehead atoms. The number of allylic oxidation sites excluding steroid dienone is 1. The second kappa shape index (κ2) is 7.71. The summed E-state index contributed by atoms with van der Waals surface area (Å²) in [5, 5.41) is 3.73. The monoisotopic (exact) mass is 467 g/mol. The van der Waals surface area contributed by atoms with E-state index in [2.05, 4.69) is 10.3 Å². The van der Waals surface area contributed by atoms with E-state index in [1.807, 2.05) is 60.7 Å². The van der Waals surface area contributed by atoms with Crippen molar-refractivity contribution in [2.75, 3.05) is 5.32 Å². The first kappa shape index (κ1) is 20.4. The minimum Gasteiger partial charge on any atom is -0.340 e. The average molecular weight is 468 g/mol. The molecule has 3 aromatic carbocycles. The molecule has 2 heterocycles. The van der Waals surface area contributed by atoms with Crippen LogP contribution in [-0.2, 0) is 6.54 Å². The van der Waals surface area contributed by atoms with E-state index < -0.39 is 17.2 Å².